The summed E-state index contributed by atoms with van der Waals surface area (Å²) in [4.78, 5) is 21.2. The van der Waals surface area contributed by atoms with E-state index in [4.69, 9.17) is 5.73 Å². The highest BCUT2D eigenvalue weighted by Crippen LogP contribution is 1.96. The molecule has 0 aliphatic rings. The first-order valence-corrected chi connectivity index (χ1v) is 5.29. The lowest BCUT2D eigenvalue weighted by Crippen LogP contribution is -2.34. The van der Waals surface area contributed by atoms with Crippen molar-refractivity contribution in [2.24, 2.45) is 5.73 Å². The van der Waals surface area contributed by atoms with E-state index in [1.54, 1.807) is 14.0 Å². The van der Waals surface area contributed by atoms with Gasteiger partial charge in [-0.3, -0.25) is 4.79 Å². The van der Waals surface area contributed by atoms with Crippen molar-refractivity contribution in [1.82, 2.24) is 10.6 Å². The molecule has 5 heteroatoms. The van der Waals surface area contributed by atoms with E-state index < -0.39 is 6.03 Å². The number of Topliss-reactive ketones (excluding diaryl/α,β-unsaturated/α-hetero) is 1. The third-order valence-electron chi connectivity index (χ3n) is 1.81. The van der Waals surface area contributed by atoms with Gasteiger partial charge in [-0.1, -0.05) is 13.8 Å². The Kier molecular flexibility index (Phi) is 12.0. The highest BCUT2D eigenvalue weighted by Gasteiger charge is 2.09. The fourth-order valence-electron chi connectivity index (χ4n) is 1.07. The van der Waals surface area contributed by atoms with Gasteiger partial charge in [0, 0.05) is 6.54 Å². The van der Waals surface area contributed by atoms with Crippen molar-refractivity contribution < 1.29 is 9.59 Å². The lowest BCUT2D eigenvalue weighted by Gasteiger charge is -2.11. The van der Waals surface area contributed by atoms with E-state index in [9.17, 15) is 9.59 Å². The van der Waals surface area contributed by atoms with Crippen molar-refractivity contribution in [3.63, 3.8) is 0 Å². The Morgan fingerprint density at radius 3 is 2.20 bits per heavy atom. The molecule has 1 unspecified atom stereocenters. The summed E-state index contributed by atoms with van der Waals surface area (Å²) in [5.74, 6) is 0.113. The maximum absolute atomic E-state index is 10.9. The SMILES string of the molecule is CC.CNC(CCCNC(N)=O)C(C)=O. The van der Waals surface area contributed by atoms with Crippen LogP contribution >= 0.6 is 0 Å². The Morgan fingerprint density at radius 2 is 1.87 bits per heavy atom. The van der Waals surface area contributed by atoms with Gasteiger partial charge in [-0.2, -0.15) is 0 Å². The molecule has 4 N–H and O–H groups in total. The van der Waals surface area contributed by atoms with Gasteiger partial charge < -0.3 is 16.4 Å². The summed E-state index contributed by atoms with van der Waals surface area (Å²) >= 11 is 0. The summed E-state index contributed by atoms with van der Waals surface area (Å²) < 4.78 is 0. The maximum atomic E-state index is 10.9. The fraction of sp³-hybridized carbons (Fsp3) is 0.800. The van der Waals surface area contributed by atoms with Crippen LogP contribution in [0.5, 0.6) is 0 Å². The van der Waals surface area contributed by atoms with Crippen LogP contribution in [0.15, 0.2) is 0 Å². The molecular weight excluding hydrogens is 194 g/mol. The number of ketones is 1. The molecule has 5 nitrogen and oxygen atoms in total. The summed E-state index contributed by atoms with van der Waals surface area (Å²) in [7, 11) is 1.74. The lowest BCUT2D eigenvalue weighted by atomic mass is 10.1. The molecular formula is C10H23N3O2. The second-order valence-electron chi connectivity index (χ2n) is 2.89. The third kappa shape index (κ3) is 10.8. The quantitative estimate of drug-likeness (QED) is 0.571. The fourth-order valence-corrected chi connectivity index (χ4v) is 1.07. The predicted octanol–water partition coefficient (Wildman–Crippen LogP) is 0.638. The molecule has 0 aromatic rings. The van der Waals surface area contributed by atoms with Gasteiger partial charge in [-0.05, 0) is 26.8 Å². The minimum atomic E-state index is -0.524. The molecule has 0 aliphatic carbocycles. The molecule has 0 bridgehead atoms. The first-order chi connectivity index (χ1) is 7.07. The minimum absolute atomic E-state index is 0.113. The smallest absolute Gasteiger partial charge is 0.312 e. The van der Waals surface area contributed by atoms with Crippen molar-refractivity contribution in [1.29, 1.82) is 0 Å². The van der Waals surface area contributed by atoms with E-state index in [1.165, 1.54) is 0 Å². The van der Waals surface area contributed by atoms with Crippen LogP contribution in [-0.4, -0.2) is 31.4 Å². The molecule has 1 atom stereocenters. The van der Waals surface area contributed by atoms with Gasteiger partial charge >= 0.3 is 6.03 Å². The van der Waals surface area contributed by atoms with Crippen LogP contribution < -0.4 is 16.4 Å². The van der Waals surface area contributed by atoms with Gasteiger partial charge in [0.1, 0.15) is 5.78 Å². The second kappa shape index (κ2) is 11.0. The molecule has 0 saturated carbocycles. The number of primary amides is 1. The van der Waals surface area contributed by atoms with Crippen molar-refractivity contribution >= 4 is 11.8 Å². The number of carbonyl (C=O) groups is 2. The Bertz CT molecular complexity index is 184. The lowest BCUT2D eigenvalue weighted by molar-refractivity contribution is -0.119. The zero-order valence-electron chi connectivity index (χ0n) is 10.1. The number of urea groups is 1. The van der Waals surface area contributed by atoms with Crippen molar-refractivity contribution in [3.8, 4) is 0 Å². The number of hydrogen-bond donors (Lipinski definition) is 3. The Labute approximate surface area is 91.8 Å². The Morgan fingerprint density at radius 1 is 1.33 bits per heavy atom. The first-order valence-electron chi connectivity index (χ1n) is 5.29. The first kappa shape index (κ1) is 16.3. The number of likely N-dealkylation sites (N-methyl/N-ethyl adjacent to an activating group) is 1. The van der Waals surface area contributed by atoms with Crippen LogP contribution in [0.4, 0.5) is 4.79 Å². The van der Waals surface area contributed by atoms with E-state index in [-0.39, 0.29) is 11.8 Å². The molecule has 0 aliphatic heterocycles. The Balaban J connectivity index is 0. The number of carbonyl (C=O) groups excluding carboxylic acids is 2. The monoisotopic (exact) mass is 217 g/mol. The standard InChI is InChI=1S/C8H17N3O2.C2H6/c1-6(12)7(10-2)4-3-5-11-8(9)13;1-2/h7,10H,3-5H2,1-2H3,(H3,9,11,13);1-2H3. The summed E-state index contributed by atoms with van der Waals surface area (Å²) in [6.07, 6.45) is 1.46. The molecule has 15 heavy (non-hydrogen) atoms. The number of rotatable bonds is 6. The molecule has 0 aromatic carbocycles. The van der Waals surface area contributed by atoms with E-state index >= 15 is 0 Å². The molecule has 0 radical (unpaired) electrons. The molecule has 0 fully saturated rings. The van der Waals surface area contributed by atoms with Gasteiger partial charge in [0.15, 0.2) is 0 Å². The number of nitrogens with two attached hydrogens (primary N) is 1. The summed E-state index contributed by atoms with van der Waals surface area (Å²) in [6, 6.07) is -0.640. The zero-order chi connectivity index (χ0) is 12.3. The molecule has 0 aromatic heterocycles. The second-order valence-corrected chi connectivity index (χ2v) is 2.89. The summed E-state index contributed by atoms with van der Waals surface area (Å²) in [6.45, 7) is 6.06. The maximum Gasteiger partial charge on any atom is 0.312 e. The number of amides is 2. The van der Waals surface area contributed by atoms with Gasteiger partial charge in [0.05, 0.1) is 6.04 Å². The van der Waals surface area contributed by atoms with Crippen LogP contribution in [0.2, 0.25) is 0 Å². The highest BCUT2D eigenvalue weighted by molar-refractivity contribution is 5.81. The van der Waals surface area contributed by atoms with Gasteiger partial charge in [-0.25, -0.2) is 4.79 Å². The molecule has 0 saturated heterocycles. The average molecular weight is 217 g/mol. The molecule has 0 heterocycles. The summed E-state index contributed by atoms with van der Waals surface area (Å²) in [5.41, 5.74) is 4.87. The van der Waals surface area contributed by atoms with E-state index in [0.29, 0.717) is 13.0 Å². The zero-order valence-corrected chi connectivity index (χ0v) is 10.1. The van der Waals surface area contributed by atoms with Crippen molar-refractivity contribution in [2.75, 3.05) is 13.6 Å². The van der Waals surface area contributed by atoms with Crippen molar-refractivity contribution in [2.45, 2.75) is 39.7 Å². The van der Waals surface area contributed by atoms with Crippen LogP contribution in [-0.2, 0) is 4.79 Å². The number of nitrogens with one attached hydrogen (secondary N) is 2. The molecule has 2 amide bonds. The molecule has 0 spiro atoms. The van der Waals surface area contributed by atoms with Crippen LogP contribution in [0.25, 0.3) is 0 Å². The third-order valence-corrected chi connectivity index (χ3v) is 1.81. The van der Waals surface area contributed by atoms with E-state index in [2.05, 4.69) is 10.6 Å². The van der Waals surface area contributed by atoms with Gasteiger partial charge in [-0.15, -0.1) is 0 Å². The molecule has 0 rings (SSSR count). The van der Waals surface area contributed by atoms with Crippen molar-refractivity contribution in [3.05, 3.63) is 0 Å². The Hall–Kier alpha value is -1.10. The minimum Gasteiger partial charge on any atom is -0.352 e. The van der Waals surface area contributed by atoms with Gasteiger partial charge in [0.25, 0.3) is 0 Å². The largest absolute Gasteiger partial charge is 0.352 e. The summed E-state index contributed by atoms with van der Waals surface area (Å²) in [5, 5.41) is 5.36. The van der Waals surface area contributed by atoms with Crippen LogP contribution in [0.3, 0.4) is 0 Å². The van der Waals surface area contributed by atoms with Crippen LogP contribution in [0, 0.1) is 0 Å². The topological polar surface area (TPSA) is 84.2 Å². The van der Waals surface area contributed by atoms with Gasteiger partial charge in [0.2, 0.25) is 0 Å². The normalized spacial score (nSPS) is 10.9. The van der Waals surface area contributed by atoms with E-state index in [1.807, 2.05) is 13.8 Å². The van der Waals surface area contributed by atoms with Crippen LogP contribution in [0.1, 0.15) is 33.6 Å². The van der Waals surface area contributed by atoms with E-state index in [0.717, 1.165) is 6.42 Å². The predicted molar refractivity (Wildman–Crippen MR) is 61.7 cm³/mol. The molecule has 90 valence electrons. The average Bonchev–Trinajstić information content (AvgIpc) is 2.20. The number of hydrogen-bond acceptors (Lipinski definition) is 3. The highest BCUT2D eigenvalue weighted by atomic mass is 16.2.